The molecule has 3 rings (SSSR count). The van der Waals surface area contributed by atoms with E-state index in [9.17, 15) is 8.42 Å². The fraction of sp³-hybridized carbons (Fsp3) is 1.00. The lowest BCUT2D eigenvalue weighted by Gasteiger charge is -2.34. The number of rotatable bonds is 2. The van der Waals surface area contributed by atoms with Gasteiger partial charge >= 0.3 is 0 Å². The van der Waals surface area contributed by atoms with Crippen molar-refractivity contribution >= 4 is 9.84 Å². The highest BCUT2D eigenvalue weighted by atomic mass is 32.2. The van der Waals surface area contributed by atoms with Crippen LogP contribution in [0.5, 0.6) is 0 Å². The molecule has 104 valence electrons. The first-order chi connectivity index (χ1) is 8.64. The number of hydrogen-bond acceptors (Lipinski definition) is 4. The van der Waals surface area contributed by atoms with Gasteiger partial charge in [-0.15, -0.1) is 0 Å². The van der Waals surface area contributed by atoms with Crippen LogP contribution in [0.4, 0.5) is 0 Å². The fourth-order valence-electron chi connectivity index (χ4n) is 3.37. The van der Waals surface area contributed by atoms with Crippen LogP contribution in [0.25, 0.3) is 0 Å². The van der Waals surface area contributed by atoms with Gasteiger partial charge in [0.15, 0.2) is 0 Å². The topological polar surface area (TPSA) is 49.4 Å². The van der Waals surface area contributed by atoms with Crippen LogP contribution >= 0.6 is 0 Å². The van der Waals surface area contributed by atoms with E-state index in [4.69, 9.17) is 0 Å². The second-order valence-electron chi connectivity index (χ2n) is 6.13. The molecule has 0 spiro atoms. The van der Waals surface area contributed by atoms with Gasteiger partial charge in [0.2, 0.25) is 0 Å². The maximum absolute atomic E-state index is 11.5. The lowest BCUT2D eigenvalue weighted by molar-refractivity contribution is 0.175. The molecule has 1 atom stereocenters. The maximum Gasteiger partial charge on any atom is 0.150 e. The first-order valence-electron chi connectivity index (χ1n) is 7.32. The van der Waals surface area contributed by atoms with E-state index in [1.807, 2.05) is 0 Å². The summed E-state index contributed by atoms with van der Waals surface area (Å²) in [5.41, 5.74) is 0. The minimum Gasteiger partial charge on any atom is -0.312 e. The van der Waals surface area contributed by atoms with Gasteiger partial charge in [-0.25, -0.2) is 8.42 Å². The SMILES string of the molecule is O=S1(=O)CCC(N2CCCNC(C3CC3)C2)CC1. The third kappa shape index (κ3) is 3.06. The van der Waals surface area contributed by atoms with Gasteiger partial charge < -0.3 is 5.32 Å². The molecule has 0 radical (unpaired) electrons. The van der Waals surface area contributed by atoms with Gasteiger partial charge in [-0.1, -0.05) is 0 Å². The van der Waals surface area contributed by atoms with Gasteiger partial charge in [-0.2, -0.15) is 0 Å². The molecule has 1 unspecified atom stereocenters. The molecule has 2 saturated heterocycles. The Kier molecular flexibility index (Phi) is 3.65. The normalized spacial score (nSPS) is 35.2. The summed E-state index contributed by atoms with van der Waals surface area (Å²) in [6.45, 7) is 3.40. The van der Waals surface area contributed by atoms with Crippen LogP contribution < -0.4 is 5.32 Å². The molecule has 2 heterocycles. The first-order valence-corrected chi connectivity index (χ1v) is 9.14. The summed E-state index contributed by atoms with van der Waals surface area (Å²) >= 11 is 0. The van der Waals surface area contributed by atoms with Crippen LogP contribution in [-0.4, -0.2) is 56.5 Å². The third-order valence-corrected chi connectivity index (χ3v) is 6.41. The van der Waals surface area contributed by atoms with Gasteiger partial charge in [-0.3, -0.25) is 4.90 Å². The summed E-state index contributed by atoms with van der Waals surface area (Å²) in [6, 6.07) is 1.17. The van der Waals surface area contributed by atoms with Crippen molar-refractivity contribution in [3.8, 4) is 0 Å². The zero-order chi connectivity index (χ0) is 12.6. The molecule has 0 aromatic carbocycles. The Labute approximate surface area is 110 Å². The highest BCUT2D eigenvalue weighted by molar-refractivity contribution is 7.91. The summed E-state index contributed by atoms with van der Waals surface area (Å²) in [5, 5.41) is 3.67. The van der Waals surface area contributed by atoms with Crippen molar-refractivity contribution in [1.82, 2.24) is 10.2 Å². The maximum atomic E-state index is 11.5. The predicted octanol–water partition coefficient (Wildman–Crippen LogP) is 0.638. The largest absolute Gasteiger partial charge is 0.312 e. The standard InChI is InChI=1S/C13H24N2O2S/c16-18(17)8-4-12(5-9-18)15-7-1-6-14-13(10-15)11-2-3-11/h11-14H,1-10H2. The molecule has 3 aliphatic rings. The summed E-state index contributed by atoms with van der Waals surface area (Å²) in [6.07, 6.45) is 5.65. The van der Waals surface area contributed by atoms with E-state index < -0.39 is 9.84 Å². The van der Waals surface area contributed by atoms with Crippen LogP contribution in [0.3, 0.4) is 0 Å². The molecule has 5 heteroatoms. The zero-order valence-electron chi connectivity index (χ0n) is 11.0. The van der Waals surface area contributed by atoms with Crippen molar-refractivity contribution in [1.29, 1.82) is 0 Å². The molecule has 2 aliphatic heterocycles. The molecule has 0 aromatic rings. The summed E-state index contributed by atoms with van der Waals surface area (Å²) in [7, 11) is -2.72. The van der Waals surface area contributed by atoms with Crippen molar-refractivity contribution in [2.24, 2.45) is 5.92 Å². The summed E-state index contributed by atoms with van der Waals surface area (Å²) in [5.74, 6) is 1.68. The van der Waals surface area contributed by atoms with E-state index in [1.165, 1.54) is 19.3 Å². The van der Waals surface area contributed by atoms with E-state index in [0.717, 1.165) is 38.4 Å². The second kappa shape index (κ2) is 5.10. The Balaban J connectivity index is 1.60. The van der Waals surface area contributed by atoms with Crippen LogP contribution in [0.2, 0.25) is 0 Å². The van der Waals surface area contributed by atoms with Gasteiger partial charge in [0.05, 0.1) is 11.5 Å². The molecule has 18 heavy (non-hydrogen) atoms. The monoisotopic (exact) mass is 272 g/mol. The zero-order valence-corrected chi connectivity index (χ0v) is 11.8. The van der Waals surface area contributed by atoms with Crippen molar-refractivity contribution in [2.45, 2.75) is 44.2 Å². The molecular weight excluding hydrogens is 248 g/mol. The first kappa shape index (κ1) is 12.9. The van der Waals surface area contributed by atoms with Crippen LogP contribution in [0.15, 0.2) is 0 Å². The molecular formula is C13H24N2O2S. The minimum atomic E-state index is -2.72. The summed E-state index contributed by atoms with van der Waals surface area (Å²) < 4.78 is 23.0. The van der Waals surface area contributed by atoms with Crippen LogP contribution in [0, 0.1) is 5.92 Å². The Bertz CT molecular complexity index is 378. The minimum absolute atomic E-state index is 0.399. The highest BCUT2D eigenvalue weighted by Crippen LogP contribution is 2.34. The average molecular weight is 272 g/mol. The van der Waals surface area contributed by atoms with Gasteiger partial charge in [-0.05, 0) is 51.1 Å². The summed E-state index contributed by atoms with van der Waals surface area (Å²) in [4.78, 5) is 2.57. The molecule has 1 aliphatic carbocycles. The van der Waals surface area contributed by atoms with E-state index in [2.05, 4.69) is 10.2 Å². The van der Waals surface area contributed by atoms with E-state index in [0.29, 0.717) is 23.6 Å². The lowest BCUT2D eigenvalue weighted by Crippen LogP contribution is -2.46. The quantitative estimate of drug-likeness (QED) is 0.801. The highest BCUT2D eigenvalue weighted by Gasteiger charge is 2.36. The predicted molar refractivity (Wildman–Crippen MR) is 72.4 cm³/mol. The Morgan fingerprint density at radius 3 is 2.44 bits per heavy atom. The molecule has 1 N–H and O–H groups in total. The van der Waals surface area contributed by atoms with E-state index >= 15 is 0 Å². The number of sulfone groups is 1. The molecule has 0 amide bonds. The van der Waals surface area contributed by atoms with Crippen LogP contribution in [0.1, 0.15) is 32.1 Å². The van der Waals surface area contributed by atoms with Crippen molar-refractivity contribution < 1.29 is 8.42 Å². The molecule has 3 fully saturated rings. The molecule has 0 bridgehead atoms. The van der Waals surface area contributed by atoms with Crippen LogP contribution in [-0.2, 0) is 9.84 Å². The molecule has 1 saturated carbocycles. The Hall–Kier alpha value is -0.130. The Morgan fingerprint density at radius 2 is 1.78 bits per heavy atom. The lowest BCUT2D eigenvalue weighted by atomic mass is 10.1. The smallest absolute Gasteiger partial charge is 0.150 e. The van der Waals surface area contributed by atoms with E-state index in [-0.39, 0.29) is 0 Å². The van der Waals surface area contributed by atoms with Crippen molar-refractivity contribution in [3.63, 3.8) is 0 Å². The van der Waals surface area contributed by atoms with Gasteiger partial charge in [0.25, 0.3) is 0 Å². The van der Waals surface area contributed by atoms with Crippen molar-refractivity contribution in [2.75, 3.05) is 31.1 Å². The number of hydrogen-bond donors (Lipinski definition) is 1. The third-order valence-electron chi connectivity index (χ3n) is 4.69. The van der Waals surface area contributed by atoms with E-state index in [1.54, 1.807) is 0 Å². The average Bonchev–Trinajstić information content (AvgIpc) is 3.15. The van der Waals surface area contributed by atoms with Gasteiger partial charge in [0.1, 0.15) is 9.84 Å². The second-order valence-corrected chi connectivity index (χ2v) is 8.43. The number of nitrogens with one attached hydrogen (secondary N) is 1. The fourth-order valence-corrected chi connectivity index (χ4v) is 4.83. The Morgan fingerprint density at radius 1 is 1.06 bits per heavy atom. The molecule has 0 aromatic heterocycles. The number of nitrogens with zero attached hydrogens (tertiary/aromatic N) is 1. The van der Waals surface area contributed by atoms with Crippen molar-refractivity contribution in [3.05, 3.63) is 0 Å². The van der Waals surface area contributed by atoms with Gasteiger partial charge in [0, 0.05) is 18.6 Å². The molecule has 4 nitrogen and oxygen atoms in total.